The average Bonchev–Trinajstić information content (AvgIpc) is 3.64. The molecule has 0 atom stereocenters. The van der Waals surface area contributed by atoms with Gasteiger partial charge in [-0.2, -0.15) is 5.10 Å². The van der Waals surface area contributed by atoms with Gasteiger partial charge in [-0.1, -0.05) is 0 Å². The van der Waals surface area contributed by atoms with Crippen LogP contribution in [0, 0.1) is 0 Å². The molecule has 0 unspecified atom stereocenters. The number of carbonyl (C=O) groups is 3. The zero-order valence-corrected chi connectivity index (χ0v) is 22.9. The van der Waals surface area contributed by atoms with Crippen molar-refractivity contribution in [3.05, 3.63) is 24.0 Å². The van der Waals surface area contributed by atoms with E-state index >= 15 is 0 Å². The summed E-state index contributed by atoms with van der Waals surface area (Å²) in [5, 5.41) is 15.5. The molecule has 4 N–H and O–H groups in total. The van der Waals surface area contributed by atoms with Crippen molar-refractivity contribution in [2.24, 2.45) is 0 Å². The first kappa shape index (κ1) is 26.7. The molecule has 2 aromatic rings. The Morgan fingerprint density at radius 1 is 1.02 bits per heavy atom. The summed E-state index contributed by atoms with van der Waals surface area (Å²) in [6, 6.07) is 0.102. The molecule has 0 aromatic carbocycles. The molecule has 5 heterocycles. The van der Waals surface area contributed by atoms with E-state index in [0.29, 0.717) is 83.0 Å². The molecule has 0 bridgehead atoms. The van der Waals surface area contributed by atoms with Crippen molar-refractivity contribution in [2.45, 2.75) is 50.8 Å². The summed E-state index contributed by atoms with van der Waals surface area (Å²) in [6.07, 6.45) is 7.70. The van der Waals surface area contributed by atoms with E-state index in [1.807, 2.05) is 11.6 Å². The van der Waals surface area contributed by atoms with Crippen LogP contribution in [0.2, 0.25) is 0 Å². The molecule has 0 spiro atoms. The van der Waals surface area contributed by atoms with Gasteiger partial charge in [-0.15, -0.1) is 0 Å². The minimum absolute atomic E-state index is 0.102. The summed E-state index contributed by atoms with van der Waals surface area (Å²) in [7, 11) is 0. The smallest absolute Gasteiger partial charge is 0.272 e. The van der Waals surface area contributed by atoms with Crippen LogP contribution in [0.3, 0.4) is 0 Å². The molecule has 214 valence electrons. The molecule has 1 aliphatic carbocycles. The lowest BCUT2D eigenvalue weighted by molar-refractivity contribution is -0.171. The van der Waals surface area contributed by atoms with Crippen LogP contribution in [0.5, 0.6) is 0 Å². The monoisotopic (exact) mass is 551 g/mol. The predicted octanol–water partition coefficient (Wildman–Crippen LogP) is -0.147. The van der Waals surface area contributed by atoms with Gasteiger partial charge in [-0.25, -0.2) is 14.5 Å². The van der Waals surface area contributed by atoms with Gasteiger partial charge in [0.1, 0.15) is 5.78 Å². The Labute approximate surface area is 232 Å². The molecule has 0 radical (unpaired) electrons. The Morgan fingerprint density at radius 2 is 1.65 bits per heavy atom. The number of hydrogen-bond acceptors (Lipinski definition) is 10. The van der Waals surface area contributed by atoms with E-state index in [0.717, 1.165) is 29.6 Å². The molecule has 3 aliphatic heterocycles. The van der Waals surface area contributed by atoms with Crippen molar-refractivity contribution in [2.75, 3.05) is 57.7 Å². The van der Waals surface area contributed by atoms with Crippen LogP contribution in [-0.4, -0.2) is 106 Å². The van der Waals surface area contributed by atoms with Crippen LogP contribution >= 0.6 is 0 Å². The molecule has 13 nitrogen and oxygen atoms in total. The summed E-state index contributed by atoms with van der Waals surface area (Å²) in [5.41, 5.74) is 3.85. The lowest BCUT2D eigenvalue weighted by Crippen LogP contribution is -2.63. The number of carbonyl (C=O) groups excluding carboxylic acids is 3. The van der Waals surface area contributed by atoms with Crippen molar-refractivity contribution in [3.8, 4) is 0 Å². The second-order valence-electron chi connectivity index (χ2n) is 10.8. The Hall–Kier alpha value is -3.55. The summed E-state index contributed by atoms with van der Waals surface area (Å²) in [6.45, 7) is 7.31. The highest BCUT2D eigenvalue weighted by Crippen LogP contribution is 2.37. The fourth-order valence-electron chi connectivity index (χ4n) is 5.94. The Bertz CT molecular complexity index is 1290. The first-order valence-corrected chi connectivity index (χ1v) is 14.3. The maximum atomic E-state index is 14.0. The number of amides is 2. The number of aromatic nitrogens is 3. The van der Waals surface area contributed by atoms with Crippen molar-refractivity contribution >= 4 is 40.0 Å². The first-order chi connectivity index (χ1) is 19.5. The molecule has 13 heteroatoms. The van der Waals surface area contributed by atoms with E-state index in [2.05, 4.69) is 26.5 Å². The zero-order valence-electron chi connectivity index (χ0n) is 22.9. The lowest BCUT2D eigenvalue weighted by Gasteiger charge is -2.37. The van der Waals surface area contributed by atoms with E-state index in [1.54, 1.807) is 28.3 Å². The fourth-order valence-corrected chi connectivity index (χ4v) is 5.94. The van der Waals surface area contributed by atoms with Crippen LogP contribution in [0.4, 0.5) is 5.69 Å². The van der Waals surface area contributed by atoms with E-state index in [1.165, 1.54) is 0 Å². The number of hydrogen-bond donors (Lipinski definition) is 4. The normalized spacial score (nSPS) is 21.8. The van der Waals surface area contributed by atoms with Crippen molar-refractivity contribution in [3.63, 3.8) is 0 Å². The van der Waals surface area contributed by atoms with Gasteiger partial charge < -0.3 is 25.8 Å². The average molecular weight is 552 g/mol. The van der Waals surface area contributed by atoms with Gasteiger partial charge in [-0.05, 0) is 25.8 Å². The molecule has 4 aliphatic rings. The highest BCUT2D eigenvalue weighted by molar-refractivity contribution is 6.13. The van der Waals surface area contributed by atoms with Crippen LogP contribution in [0.15, 0.2) is 18.5 Å². The summed E-state index contributed by atoms with van der Waals surface area (Å²) < 4.78 is 1.83. The molecular formula is C27H37N9O4. The number of ketones is 1. The van der Waals surface area contributed by atoms with Crippen LogP contribution < -0.4 is 21.4 Å². The zero-order chi connectivity index (χ0) is 27.7. The van der Waals surface area contributed by atoms with Gasteiger partial charge in [0.05, 0.1) is 23.0 Å². The van der Waals surface area contributed by atoms with E-state index < -0.39 is 5.60 Å². The highest BCUT2D eigenvalue weighted by atomic mass is 16.7. The van der Waals surface area contributed by atoms with Crippen LogP contribution in [0.25, 0.3) is 16.7 Å². The molecular weight excluding hydrogens is 514 g/mol. The van der Waals surface area contributed by atoms with Crippen LogP contribution in [0.1, 0.15) is 38.2 Å². The number of nitrogens with one attached hydrogen (secondary N) is 4. The number of piperazine rings is 2. The third kappa shape index (κ3) is 4.82. The van der Waals surface area contributed by atoms with Gasteiger partial charge in [0.15, 0.2) is 5.65 Å². The number of fused-ring (bicyclic) bond motifs is 1. The number of hydroxylamine groups is 1. The van der Waals surface area contributed by atoms with Crippen molar-refractivity contribution in [1.82, 2.24) is 40.7 Å². The quantitative estimate of drug-likeness (QED) is 0.358. The second kappa shape index (κ2) is 11.1. The Balaban J connectivity index is 1.41. The van der Waals surface area contributed by atoms with Gasteiger partial charge in [0, 0.05) is 89.5 Å². The standard InChI is InChI=1S/C27H37N9O4/c1-2-36-24-21(17-31-36)23(32-18-3-5-19(37)6-4-18)20(16-30-24)22-15-27(40-33-22,25(38)34-11-7-28-8-12-34)26(39)35-13-9-29-10-14-35/h15-18,28-29,33H,2-14H2,1H3,(H,30,32). The maximum Gasteiger partial charge on any atom is 0.272 e. The Morgan fingerprint density at radius 3 is 2.25 bits per heavy atom. The number of nitrogens with zero attached hydrogens (tertiary/aromatic N) is 5. The second-order valence-corrected chi connectivity index (χ2v) is 10.8. The van der Waals surface area contributed by atoms with E-state index in [9.17, 15) is 14.4 Å². The van der Waals surface area contributed by atoms with Crippen LogP contribution in [-0.2, 0) is 25.8 Å². The third-order valence-corrected chi connectivity index (χ3v) is 8.26. The summed E-state index contributed by atoms with van der Waals surface area (Å²) >= 11 is 0. The minimum atomic E-state index is -1.82. The summed E-state index contributed by atoms with van der Waals surface area (Å²) in [4.78, 5) is 54.1. The molecule has 6 rings (SSSR count). The topological polar surface area (TPSA) is 146 Å². The summed E-state index contributed by atoms with van der Waals surface area (Å²) in [5.74, 6) is -0.450. The number of anilines is 1. The number of rotatable bonds is 6. The number of pyridine rings is 1. The van der Waals surface area contributed by atoms with Crippen molar-refractivity contribution in [1.29, 1.82) is 0 Å². The SMILES string of the molecule is CCn1ncc2c(NC3CCC(=O)CC3)c(C3=CC(C(=O)N4CCNCC4)(C(=O)N4CCNCC4)ON3)cnc21. The number of Topliss-reactive ketones (excluding diaryl/α,β-unsaturated/α-hetero) is 1. The van der Waals surface area contributed by atoms with Gasteiger partial charge in [0.2, 0.25) is 0 Å². The van der Waals surface area contributed by atoms with E-state index in [-0.39, 0.29) is 23.6 Å². The molecule has 2 amide bonds. The Kier molecular flexibility index (Phi) is 7.43. The van der Waals surface area contributed by atoms with Gasteiger partial charge in [0.25, 0.3) is 17.4 Å². The highest BCUT2D eigenvalue weighted by Gasteiger charge is 2.54. The first-order valence-electron chi connectivity index (χ1n) is 14.3. The molecule has 3 fully saturated rings. The number of aryl methyl sites for hydroxylation is 1. The molecule has 40 heavy (non-hydrogen) atoms. The lowest BCUT2D eigenvalue weighted by atomic mass is 9.93. The minimum Gasteiger partial charge on any atom is -0.381 e. The molecule has 2 saturated heterocycles. The predicted molar refractivity (Wildman–Crippen MR) is 148 cm³/mol. The largest absolute Gasteiger partial charge is 0.381 e. The van der Waals surface area contributed by atoms with Gasteiger partial charge >= 0.3 is 0 Å². The van der Waals surface area contributed by atoms with Crippen molar-refractivity contribution < 1.29 is 19.2 Å². The maximum absolute atomic E-state index is 14.0. The fraction of sp³-hybridized carbons (Fsp3) is 0.593. The van der Waals surface area contributed by atoms with E-state index in [4.69, 9.17) is 9.82 Å². The molecule has 1 saturated carbocycles. The molecule has 2 aromatic heterocycles. The third-order valence-electron chi connectivity index (χ3n) is 8.26. The van der Waals surface area contributed by atoms with Gasteiger partial charge in [-0.3, -0.25) is 19.9 Å².